The summed E-state index contributed by atoms with van der Waals surface area (Å²) < 4.78 is 18.7. The van der Waals surface area contributed by atoms with Crippen LogP contribution in [-0.2, 0) is 9.59 Å². The quantitative estimate of drug-likeness (QED) is 0.493. The van der Waals surface area contributed by atoms with E-state index in [1.807, 2.05) is 12.3 Å². The van der Waals surface area contributed by atoms with Crippen molar-refractivity contribution >= 4 is 17.6 Å². The number of amides is 2. The summed E-state index contributed by atoms with van der Waals surface area (Å²) in [6.07, 6.45) is -1.08. The lowest BCUT2D eigenvalue weighted by Gasteiger charge is -2.15. The van der Waals surface area contributed by atoms with E-state index in [4.69, 9.17) is 4.74 Å². The van der Waals surface area contributed by atoms with E-state index in [1.54, 1.807) is 18.2 Å². The highest BCUT2D eigenvalue weighted by Crippen LogP contribution is 2.16. The van der Waals surface area contributed by atoms with Crippen LogP contribution >= 0.6 is 0 Å². The fraction of sp³-hybridized carbons (Fsp3) is 0.167. The lowest BCUT2D eigenvalue weighted by molar-refractivity contribution is -0.131. The molecule has 0 spiro atoms. The molecular weight excluding hydrogens is 327 g/mol. The normalized spacial score (nSPS) is 11.3. The Labute approximate surface area is 144 Å². The second-order valence-electron chi connectivity index (χ2n) is 5.33. The van der Waals surface area contributed by atoms with Gasteiger partial charge in [0.1, 0.15) is 0 Å². The molecule has 0 aromatic heterocycles. The number of hydrogen-bond donors (Lipinski definition) is 2. The molecule has 25 heavy (non-hydrogen) atoms. The summed E-state index contributed by atoms with van der Waals surface area (Å²) in [5, 5.41) is 0. The first-order valence-electron chi connectivity index (χ1n) is 7.51. The maximum absolute atomic E-state index is 13.5. The number of aryl methyl sites for hydroxylation is 1. The minimum absolute atomic E-state index is 0.0905. The Morgan fingerprint density at radius 2 is 1.64 bits per heavy atom. The van der Waals surface area contributed by atoms with E-state index in [0.717, 1.165) is 5.56 Å². The average molecular weight is 344 g/mol. The molecule has 0 saturated heterocycles. The lowest BCUT2D eigenvalue weighted by Crippen LogP contribution is -2.49. The predicted molar refractivity (Wildman–Crippen MR) is 88.3 cm³/mol. The molecule has 0 radical (unpaired) electrons. The first-order valence-corrected chi connectivity index (χ1v) is 7.51. The van der Waals surface area contributed by atoms with Gasteiger partial charge in [-0.2, -0.15) is 0 Å². The van der Waals surface area contributed by atoms with E-state index in [9.17, 15) is 18.8 Å². The van der Waals surface area contributed by atoms with Gasteiger partial charge in [-0.3, -0.25) is 25.2 Å². The molecule has 0 saturated carbocycles. The number of rotatable bonds is 5. The Hall–Kier alpha value is -3.22. The lowest BCUT2D eigenvalue weighted by atomic mass is 10.1. The highest BCUT2D eigenvalue weighted by molar-refractivity contribution is 6.42. The summed E-state index contributed by atoms with van der Waals surface area (Å²) in [5.74, 6) is -3.21. The van der Waals surface area contributed by atoms with Gasteiger partial charge in [0.25, 0.3) is 11.7 Å². The van der Waals surface area contributed by atoms with Crippen molar-refractivity contribution in [1.82, 2.24) is 10.9 Å². The number of carbonyl (C=O) groups excluding carboxylic acids is 3. The van der Waals surface area contributed by atoms with Crippen molar-refractivity contribution in [2.75, 3.05) is 0 Å². The van der Waals surface area contributed by atoms with Crippen LogP contribution in [0.5, 0.6) is 5.75 Å². The van der Waals surface area contributed by atoms with Gasteiger partial charge in [0.05, 0.1) is 0 Å². The molecule has 0 fully saturated rings. The minimum atomic E-state index is -1.08. The molecule has 2 amide bonds. The number of benzene rings is 2. The molecule has 2 rings (SSSR count). The summed E-state index contributed by atoms with van der Waals surface area (Å²) in [4.78, 5) is 35.6. The van der Waals surface area contributed by atoms with Crippen LogP contribution in [-0.4, -0.2) is 23.7 Å². The zero-order valence-corrected chi connectivity index (χ0v) is 13.7. The number of nitrogens with one attached hydrogen (secondary N) is 2. The molecule has 6 nitrogen and oxygen atoms in total. The number of carbonyl (C=O) groups is 3. The number of ether oxygens (including phenoxy) is 1. The van der Waals surface area contributed by atoms with Crippen LogP contribution in [0, 0.1) is 12.7 Å². The van der Waals surface area contributed by atoms with Crippen molar-refractivity contribution in [2.45, 2.75) is 20.0 Å². The van der Waals surface area contributed by atoms with E-state index in [-0.39, 0.29) is 11.3 Å². The Kier molecular flexibility index (Phi) is 5.84. The van der Waals surface area contributed by atoms with E-state index in [0.29, 0.717) is 0 Å². The number of para-hydroxylation sites is 1. The molecule has 1 atom stereocenters. The van der Waals surface area contributed by atoms with E-state index in [2.05, 4.69) is 5.43 Å². The SMILES string of the molecule is Cc1ccc(C(=O)C(=O)NNC(=O)C(C)Oc2ccccc2F)cc1. The maximum atomic E-state index is 13.5. The summed E-state index contributed by atoms with van der Waals surface area (Å²) in [6.45, 7) is 3.24. The highest BCUT2D eigenvalue weighted by Gasteiger charge is 2.20. The average Bonchev–Trinajstić information content (AvgIpc) is 2.61. The van der Waals surface area contributed by atoms with Crippen LogP contribution in [0.15, 0.2) is 48.5 Å². The van der Waals surface area contributed by atoms with Gasteiger partial charge in [0.15, 0.2) is 17.7 Å². The number of Topliss-reactive ketones (excluding diaryl/α,β-unsaturated/α-hetero) is 1. The third-order valence-electron chi connectivity index (χ3n) is 3.33. The van der Waals surface area contributed by atoms with Crippen molar-refractivity contribution in [2.24, 2.45) is 0 Å². The maximum Gasteiger partial charge on any atom is 0.310 e. The van der Waals surface area contributed by atoms with Crippen molar-refractivity contribution in [3.63, 3.8) is 0 Å². The monoisotopic (exact) mass is 344 g/mol. The van der Waals surface area contributed by atoms with E-state index < -0.39 is 29.5 Å². The molecule has 0 aliphatic carbocycles. The number of ketones is 1. The predicted octanol–water partition coefficient (Wildman–Crippen LogP) is 1.93. The molecular formula is C18H17FN2O4. The molecule has 7 heteroatoms. The van der Waals surface area contributed by atoms with Gasteiger partial charge in [-0.15, -0.1) is 0 Å². The van der Waals surface area contributed by atoms with Crippen LogP contribution in [0.25, 0.3) is 0 Å². The van der Waals surface area contributed by atoms with Gasteiger partial charge in [-0.1, -0.05) is 42.0 Å². The second-order valence-corrected chi connectivity index (χ2v) is 5.33. The van der Waals surface area contributed by atoms with Gasteiger partial charge < -0.3 is 4.74 Å². The van der Waals surface area contributed by atoms with Crippen LogP contribution < -0.4 is 15.6 Å². The van der Waals surface area contributed by atoms with Crippen molar-refractivity contribution in [3.05, 3.63) is 65.5 Å². The minimum Gasteiger partial charge on any atom is -0.478 e. The fourth-order valence-corrected chi connectivity index (χ4v) is 1.90. The van der Waals surface area contributed by atoms with Crippen molar-refractivity contribution in [1.29, 1.82) is 0 Å². The molecule has 0 aliphatic rings. The van der Waals surface area contributed by atoms with Crippen molar-refractivity contribution < 1.29 is 23.5 Å². The van der Waals surface area contributed by atoms with Gasteiger partial charge in [0.2, 0.25) is 0 Å². The number of hydrazine groups is 1. The molecule has 2 aromatic rings. The Balaban J connectivity index is 1.88. The summed E-state index contributed by atoms with van der Waals surface area (Å²) in [6, 6.07) is 12.0. The Morgan fingerprint density at radius 3 is 2.28 bits per heavy atom. The zero-order valence-electron chi connectivity index (χ0n) is 13.7. The number of halogens is 1. The molecule has 0 heterocycles. The van der Waals surface area contributed by atoms with Crippen LogP contribution in [0.2, 0.25) is 0 Å². The molecule has 2 N–H and O–H groups in total. The largest absolute Gasteiger partial charge is 0.478 e. The summed E-state index contributed by atoms with van der Waals surface area (Å²) in [5.41, 5.74) is 5.24. The van der Waals surface area contributed by atoms with Gasteiger partial charge in [0, 0.05) is 5.56 Å². The Bertz CT molecular complexity index is 790. The first kappa shape index (κ1) is 18.1. The molecule has 0 aliphatic heterocycles. The molecule has 130 valence electrons. The first-order chi connectivity index (χ1) is 11.9. The fourth-order valence-electron chi connectivity index (χ4n) is 1.90. The molecule has 1 unspecified atom stereocenters. The zero-order chi connectivity index (χ0) is 18.4. The number of hydrogen-bond acceptors (Lipinski definition) is 4. The van der Waals surface area contributed by atoms with Crippen LogP contribution in [0.1, 0.15) is 22.8 Å². The van der Waals surface area contributed by atoms with Crippen molar-refractivity contribution in [3.8, 4) is 5.75 Å². The van der Waals surface area contributed by atoms with E-state index >= 15 is 0 Å². The van der Waals surface area contributed by atoms with Crippen LogP contribution in [0.4, 0.5) is 4.39 Å². The van der Waals surface area contributed by atoms with Gasteiger partial charge >= 0.3 is 5.91 Å². The highest BCUT2D eigenvalue weighted by atomic mass is 19.1. The second kappa shape index (κ2) is 8.05. The summed E-state index contributed by atoms with van der Waals surface area (Å²) in [7, 11) is 0. The Morgan fingerprint density at radius 1 is 1.00 bits per heavy atom. The smallest absolute Gasteiger partial charge is 0.310 e. The molecule has 2 aromatic carbocycles. The third-order valence-corrected chi connectivity index (χ3v) is 3.33. The third kappa shape index (κ3) is 4.87. The van der Waals surface area contributed by atoms with Gasteiger partial charge in [-0.25, -0.2) is 4.39 Å². The van der Waals surface area contributed by atoms with Gasteiger partial charge in [-0.05, 0) is 26.0 Å². The van der Waals surface area contributed by atoms with Crippen LogP contribution in [0.3, 0.4) is 0 Å². The molecule has 0 bridgehead atoms. The van der Waals surface area contributed by atoms with E-state index in [1.165, 1.54) is 37.3 Å². The topological polar surface area (TPSA) is 84.5 Å². The summed E-state index contributed by atoms with van der Waals surface area (Å²) >= 11 is 0. The standard InChI is InChI=1S/C18H17FN2O4/c1-11-7-9-13(10-8-11)16(22)18(24)21-20-17(23)12(2)25-15-6-4-3-5-14(15)19/h3-10,12H,1-2H3,(H,20,23)(H,21,24).